The molecule has 130 valence electrons. The van der Waals surface area contributed by atoms with Gasteiger partial charge in [-0.15, -0.1) is 22.6 Å². The number of hydrogen-bond donors (Lipinski definition) is 2. The molecule has 0 spiro atoms. The third kappa shape index (κ3) is 5.00. The molecule has 0 radical (unpaired) electrons. The van der Waals surface area contributed by atoms with E-state index in [4.69, 9.17) is 5.73 Å². The van der Waals surface area contributed by atoms with Crippen molar-refractivity contribution < 1.29 is 4.79 Å². The first-order valence-corrected chi connectivity index (χ1v) is 8.85. The highest BCUT2D eigenvalue weighted by Gasteiger charge is 2.26. The first kappa shape index (κ1) is 18.8. The minimum absolute atomic E-state index is 0. The van der Waals surface area contributed by atoms with Gasteiger partial charge in [0, 0.05) is 18.9 Å². The van der Waals surface area contributed by atoms with E-state index in [1.165, 1.54) is 22.5 Å². The molecule has 1 aromatic heterocycles. The lowest BCUT2D eigenvalue weighted by Gasteiger charge is -2.13. The Morgan fingerprint density at radius 2 is 2.04 bits per heavy atom. The van der Waals surface area contributed by atoms with Gasteiger partial charge in [-0.1, -0.05) is 47.6 Å². The summed E-state index contributed by atoms with van der Waals surface area (Å²) >= 11 is 1.43. The molecule has 0 saturated heterocycles. The minimum atomic E-state index is -0.00890. The fourth-order valence-electron chi connectivity index (χ4n) is 2.98. The molecule has 1 aliphatic rings. The van der Waals surface area contributed by atoms with Crippen LogP contribution in [0.4, 0.5) is 5.13 Å². The summed E-state index contributed by atoms with van der Waals surface area (Å²) in [5, 5.41) is 12.6. The molecule has 1 aromatic carbocycles. The molecule has 7 heteroatoms. The van der Waals surface area contributed by atoms with Crippen molar-refractivity contribution in [2.24, 2.45) is 11.7 Å². The van der Waals surface area contributed by atoms with Gasteiger partial charge in [-0.05, 0) is 31.2 Å². The van der Waals surface area contributed by atoms with Crippen molar-refractivity contribution in [3.8, 4) is 0 Å². The smallest absolute Gasteiger partial charge is 0.226 e. The van der Waals surface area contributed by atoms with Crippen molar-refractivity contribution >= 4 is 34.8 Å². The molecule has 0 unspecified atom stereocenters. The highest BCUT2D eigenvalue weighted by molar-refractivity contribution is 7.15. The van der Waals surface area contributed by atoms with Gasteiger partial charge in [0.2, 0.25) is 11.0 Å². The van der Waals surface area contributed by atoms with Crippen LogP contribution in [0.1, 0.15) is 41.8 Å². The lowest BCUT2D eigenvalue weighted by molar-refractivity contribution is -0.117. The van der Waals surface area contributed by atoms with Crippen molar-refractivity contribution in [3.63, 3.8) is 0 Å². The van der Waals surface area contributed by atoms with Gasteiger partial charge in [0.05, 0.1) is 0 Å². The standard InChI is InChI=1S/C17H22N4OS.ClH/c1-11-5-7-12(8-6-11)9-16-20-21-17(23-16)19-15(22)10-13-3-2-4-14(13)18;/h5-8,13-14H,2-4,9-10,18H2,1H3,(H,19,21,22);1H/t13-,14+;/m0./s1. The number of aromatic nitrogens is 2. The first-order chi connectivity index (χ1) is 11.1. The summed E-state index contributed by atoms with van der Waals surface area (Å²) in [5.41, 5.74) is 8.45. The van der Waals surface area contributed by atoms with Crippen LogP contribution in [-0.2, 0) is 11.2 Å². The topological polar surface area (TPSA) is 80.9 Å². The van der Waals surface area contributed by atoms with Crippen LogP contribution in [0.2, 0.25) is 0 Å². The van der Waals surface area contributed by atoms with Gasteiger partial charge in [-0.3, -0.25) is 4.79 Å². The van der Waals surface area contributed by atoms with Crippen molar-refractivity contribution in [3.05, 3.63) is 40.4 Å². The first-order valence-electron chi connectivity index (χ1n) is 8.03. The Morgan fingerprint density at radius 3 is 2.71 bits per heavy atom. The normalized spacial score (nSPS) is 19.8. The molecule has 0 aliphatic heterocycles. The molecule has 24 heavy (non-hydrogen) atoms. The molecule has 0 bridgehead atoms. The van der Waals surface area contributed by atoms with Crippen molar-refractivity contribution in [1.29, 1.82) is 0 Å². The lowest BCUT2D eigenvalue weighted by Crippen LogP contribution is -2.28. The number of carbonyl (C=O) groups excluding carboxylic acids is 1. The Balaban J connectivity index is 0.00000208. The number of hydrogen-bond acceptors (Lipinski definition) is 5. The maximum atomic E-state index is 12.1. The maximum Gasteiger partial charge on any atom is 0.226 e. The van der Waals surface area contributed by atoms with Gasteiger partial charge in [-0.2, -0.15) is 0 Å². The number of nitrogens with zero attached hydrogens (tertiary/aromatic N) is 2. The quantitative estimate of drug-likeness (QED) is 0.850. The molecule has 3 N–H and O–H groups in total. The zero-order chi connectivity index (χ0) is 16.2. The van der Waals surface area contributed by atoms with E-state index >= 15 is 0 Å². The van der Waals surface area contributed by atoms with E-state index in [9.17, 15) is 4.79 Å². The van der Waals surface area contributed by atoms with Crippen molar-refractivity contribution in [2.45, 2.75) is 45.1 Å². The van der Waals surface area contributed by atoms with Crippen molar-refractivity contribution in [2.75, 3.05) is 5.32 Å². The number of carbonyl (C=O) groups is 1. The average molecular weight is 367 g/mol. The molecular formula is C17H23ClN4OS. The summed E-state index contributed by atoms with van der Waals surface area (Å²) in [7, 11) is 0. The zero-order valence-corrected chi connectivity index (χ0v) is 15.3. The van der Waals surface area contributed by atoms with Gasteiger partial charge in [-0.25, -0.2) is 0 Å². The number of benzene rings is 1. The average Bonchev–Trinajstić information content (AvgIpc) is 3.11. The molecule has 1 saturated carbocycles. The number of halogens is 1. The highest BCUT2D eigenvalue weighted by Crippen LogP contribution is 2.27. The molecule has 3 rings (SSSR count). The molecule has 2 aromatic rings. The second kappa shape index (κ2) is 8.55. The fraction of sp³-hybridized carbons (Fsp3) is 0.471. The number of aryl methyl sites for hydroxylation is 1. The monoisotopic (exact) mass is 366 g/mol. The lowest BCUT2D eigenvalue weighted by atomic mass is 10.00. The SMILES string of the molecule is Cc1ccc(Cc2nnc(NC(=O)C[C@@H]3CCC[C@H]3N)s2)cc1.Cl. The van der Waals surface area contributed by atoms with E-state index in [2.05, 4.69) is 46.7 Å². The summed E-state index contributed by atoms with van der Waals surface area (Å²) in [4.78, 5) is 12.1. The fourth-order valence-corrected chi connectivity index (χ4v) is 3.77. The molecule has 5 nitrogen and oxygen atoms in total. The number of rotatable bonds is 5. The molecule has 1 heterocycles. The second-order valence-electron chi connectivity index (χ2n) is 6.27. The highest BCUT2D eigenvalue weighted by atomic mass is 35.5. The van der Waals surface area contributed by atoms with Crippen LogP contribution in [0.5, 0.6) is 0 Å². The number of anilines is 1. The Morgan fingerprint density at radius 1 is 1.29 bits per heavy atom. The minimum Gasteiger partial charge on any atom is -0.327 e. The van der Waals surface area contributed by atoms with Crippen LogP contribution in [0, 0.1) is 12.8 Å². The molecule has 1 aliphatic carbocycles. The Labute approximate surface area is 152 Å². The third-order valence-electron chi connectivity index (χ3n) is 4.35. The van der Waals surface area contributed by atoms with Gasteiger partial charge in [0.1, 0.15) is 5.01 Å². The summed E-state index contributed by atoms with van der Waals surface area (Å²) in [6.07, 6.45) is 4.41. The Kier molecular flexibility index (Phi) is 6.71. The van der Waals surface area contributed by atoms with E-state index < -0.39 is 0 Å². The van der Waals surface area contributed by atoms with E-state index in [1.54, 1.807) is 0 Å². The summed E-state index contributed by atoms with van der Waals surface area (Å²) in [6.45, 7) is 2.07. The van der Waals surface area contributed by atoms with E-state index in [0.29, 0.717) is 17.5 Å². The molecule has 2 atom stereocenters. The molecule has 1 amide bonds. The van der Waals surface area contributed by atoms with Crippen LogP contribution in [0.3, 0.4) is 0 Å². The predicted octanol–water partition coefficient (Wildman–Crippen LogP) is 3.32. The van der Waals surface area contributed by atoms with E-state index in [0.717, 1.165) is 30.7 Å². The molecular weight excluding hydrogens is 344 g/mol. The van der Waals surface area contributed by atoms with Crippen LogP contribution < -0.4 is 11.1 Å². The summed E-state index contributed by atoms with van der Waals surface area (Å²) < 4.78 is 0. The Bertz CT molecular complexity index is 673. The largest absolute Gasteiger partial charge is 0.327 e. The van der Waals surface area contributed by atoms with Gasteiger partial charge >= 0.3 is 0 Å². The van der Waals surface area contributed by atoms with E-state index in [-0.39, 0.29) is 24.4 Å². The summed E-state index contributed by atoms with van der Waals surface area (Å²) in [5.74, 6) is 0.292. The van der Waals surface area contributed by atoms with Crippen molar-refractivity contribution in [1.82, 2.24) is 10.2 Å². The van der Waals surface area contributed by atoms with Crippen LogP contribution in [0.15, 0.2) is 24.3 Å². The number of amides is 1. The van der Waals surface area contributed by atoms with Gasteiger partial charge < -0.3 is 11.1 Å². The molecule has 1 fully saturated rings. The van der Waals surface area contributed by atoms with Crippen LogP contribution in [-0.4, -0.2) is 22.1 Å². The van der Waals surface area contributed by atoms with Gasteiger partial charge in [0.15, 0.2) is 0 Å². The number of nitrogens with one attached hydrogen (secondary N) is 1. The predicted molar refractivity (Wildman–Crippen MR) is 99.7 cm³/mol. The van der Waals surface area contributed by atoms with Crippen LogP contribution >= 0.6 is 23.7 Å². The Hall–Kier alpha value is -1.50. The van der Waals surface area contributed by atoms with Crippen LogP contribution in [0.25, 0.3) is 0 Å². The maximum absolute atomic E-state index is 12.1. The third-order valence-corrected chi connectivity index (χ3v) is 5.19. The summed E-state index contributed by atoms with van der Waals surface area (Å²) in [6, 6.07) is 8.52. The zero-order valence-electron chi connectivity index (χ0n) is 13.7. The second-order valence-corrected chi connectivity index (χ2v) is 7.33. The van der Waals surface area contributed by atoms with Gasteiger partial charge in [0.25, 0.3) is 0 Å². The number of nitrogens with two attached hydrogens (primary N) is 1. The van der Waals surface area contributed by atoms with E-state index in [1.807, 2.05) is 0 Å².